The summed E-state index contributed by atoms with van der Waals surface area (Å²) >= 11 is 0. The maximum atomic E-state index is 10.8. The van der Waals surface area contributed by atoms with Gasteiger partial charge in [0, 0.05) is 0 Å². The molecule has 0 aliphatic carbocycles. The van der Waals surface area contributed by atoms with Gasteiger partial charge in [0.15, 0.2) is 0 Å². The lowest BCUT2D eigenvalue weighted by molar-refractivity contribution is -0.146. The van der Waals surface area contributed by atoms with E-state index >= 15 is 0 Å². The number of rotatable bonds is 6. The number of hydrogen-bond donors (Lipinski definition) is 1. The van der Waals surface area contributed by atoms with Gasteiger partial charge in [-0.1, -0.05) is 18.2 Å². The first-order valence-corrected chi connectivity index (χ1v) is 4.32. The number of carboxylic acids is 1. The minimum Gasteiger partial charge on any atom is -0.481 e. The van der Waals surface area contributed by atoms with Crippen molar-refractivity contribution in [3.8, 4) is 0 Å². The highest BCUT2D eigenvalue weighted by Crippen LogP contribution is 1.93. The molecule has 4 nitrogen and oxygen atoms in total. The molecule has 1 N–H and O–H groups in total. The van der Waals surface area contributed by atoms with Crippen LogP contribution < -0.4 is 0 Å². The number of ether oxygens (including phenoxy) is 1. The standard InChI is InChI=1S/C10H14O4/c1-2-3-4-5-8-14-10(13)7-6-9(11)12/h2-5H,6-8H2,1H3,(H,11,12)/b3-2+,5-4+. The third kappa shape index (κ3) is 8.52. The van der Waals surface area contributed by atoms with Gasteiger partial charge in [-0.2, -0.15) is 0 Å². The first kappa shape index (κ1) is 12.4. The van der Waals surface area contributed by atoms with Crippen LogP contribution in [-0.2, 0) is 14.3 Å². The zero-order chi connectivity index (χ0) is 10.8. The van der Waals surface area contributed by atoms with Crippen LogP contribution in [0.2, 0.25) is 0 Å². The first-order chi connectivity index (χ1) is 6.66. The number of carboxylic acid groups (broad SMARTS) is 1. The van der Waals surface area contributed by atoms with E-state index < -0.39 is 11.9 Å². The predicted octanol–water partition coefficient (Wildman–Crippen LogP) is 1.53. The number of allylic oxidation sites excluding steroid dienone is 3. The highest BCUT2D eigenvalue weighted by Gasteiger charge is 2.04. The van der Waals surface area contributed by atoms with E-state index in [1.165, 1.54) is 0 Å². The molecule has 0 aliphatic rings. The van der Waals surface area contributed by atoms with Crippen LogP contribution in [0.25, 0.3) is 0 Å². The lowest BCUT2D eigenvalue weighted by Gasteiger charge is -1.98. The Hall–Kier alpha value is -1.58. The Morgan fingerprint density at radius 1 is 1.29 bits per heavy atom. The first-order valence-electron chi connectivity index (χ1n) is 4.32. The molecule has 0 aromatic heterocycles. The molecule has 0 radical (unpaired) electrons. The monoisotopic (exact) mass is 198 g/mol. The molecule has 0 aliphatic heterocycles. The summed E-state index contributed by atoms with van der Waals surface area (Å²) in [7, 11) is 0. The van der Waals surface area contributed by atoms with E-state index in [4.69, 9.17) is 9.84 Å². The summed E-state index contributed by atoms with van der Waals surface area (Å²) in [5.74, 6) is -1.48. The van der Waals surface area contributed by atoms with E-state index in [1.807, 2.05) is 19.1 Å². The van der Waals surface area contributed by atoms with E-state index in [0.717, 1.165) is 0 Å². The Labute approximate surface area is 82.9 Å². The van der Waals surface area contributed by atoms with Gasteiger partial charge in [-0.05, 0) is 13.0 Å². The largest absolute Gasteiger partial charge is 0.481 e. The lowest BCUT2D eigenvalue weighted by Crippen LogP contribution is -2.07. The fourth-order valence-corrected chi connectivity index (χ4v) is 0.667. The van der Waals surface area contributed by atoms with Gasteiger partial charge in [-0.25, -0.2) is 0 Å². The minimum absolute atomic E-state index is 0.0766. The van der Waals surface area contributed by atoms with E-state index in [2.05, 4.69) is 0 Å². The predicted molar refractivity (Wildman–Crippen MR) is 51.8 cm³/mol. The molecule has 0 amide bonds. The summed E-state index contributed by atoms with van der Waals surface area (Å²) in [6.07, 6.45) is 6.83. The summed E-state index contributed by atoms with van der Waals surface area (Å²) in [4.78, 5) is 20.9. The van der Waals surface area contributed by atoms with Gasteiger partial charge in [-0.15, -0.1) is 0 Å². The molecular weight excluding hydrogens is 184 g/mol. The van der Waals surface area contributed by atoms with Gasteiger partial charge in [0.2, 0.25) is 0 Å². The maximum absolute atomic E-state index is 10.8. The van der Waals surface area contributed by atoms with Gasteiger partial charge in [0.1, 0.15) is 6.61 Å². The maximum Gasteiger partial charge on any atom is 0.306 e. The molecule has 14 heavy (non-hydrogen) atoms. The van der Waals surface area contributed by atoms with Crippen LogP contribution in [0.1, 0.15) is 19.8 Å². The molecule has 0 aromatic carbocycles. The van der Waals surface area contributed by atoms with Crippen molar-refractivity contribution in [3.63, 3.8) is 0 Å². The molecule has 0 saturated heterocycles. The summed E-state index contributed by atoms with van der Waals surface area (Å²) in [6.45, 7) is 2.06. The molecule has 78 valence electrons. The topological polar surface area (TPSA) is 63.6 Å². The molecule has 0 saturated carbocycles. The summed E-state index contributed by atoms with van der Waals surface area (Å²) in [5, 5.41) is 8.27. The molecular formula is C10H14O4. The Bertz CT molecular complexity index is 241. The molecule has 0 unspecified atom stereocenters. The zero-order valence-electron chi connectivity index (χ0n) is 8.10. The second-order valence-electron chi connectivity index (χ2n) is 2.53. The number of hydrogen-bond acceptors (Lipinski definition) is 3. The normalized spacial score (nSPS) is 10.9. The summed E-state index contributed by atoms with van der Waals surface area (Å²) < 4.78 is 4.72. The number of aliphatic carboxylic acids is 1. The minimum atomic E-state index is -0.994. The van der Waals surface area contributed by atoms with Crippen LogP contribution >= 0.6 is 0 Å². The Kier molecular flexibility index (Phi) is 7.13. The van der Waals surface area contributed by atoms with Crippen molar-refractivity contribution >= 4 is 11.9 Å². The fourth-order valence-electron chi connectivity index (χ4n) is 0.667. The van der Waals surface area contributed by atoms with Crippen molar-refractivity contribution in [3.05, 3.63) is 24.3 Å². The van der Waals surface area contributed by atoms with Crippen LogP contribution in [-0.4, -0.2) is 23.7 Å². The molecule has 0 rings (SSSR count). The van der Waals surface area contributed by atoms with Crippen LogP contribution in [0.15, 0.2) is 24.3 Å². The fraction of sp³-hybridized carbons (Fsp3) is 0.400. The van der Waals surface area contributed by atoms with Crippen molar-refractivity contribution < 1.29 is 19.4 Å². The second kappa shape index (κ2) is 8.04. The molecule has 0 aromatic rings. The van der Waals surface area contributed by atoms with Crippen LogP contribution in [0, 0.1) is 0 Å². The van der Waals surface area contributed by atoms with Gasteiger partial charge in [0.05, 0.1) is 12.8 Å². The highest BCUT2D eigenvalue weighted by atomic mass is 16.5. The van der Waals surface area contributed by atoms with E-state index in [9.17, 15) is 9.59 Å². The Balaban J connectivity index is 3.49. The molecule has 4 heteroatoms. The molecule has 0 fully saturated rings. The second-order valence-corrected chi connectivity index (χ2v) is 2.53. The van der Waals surface area contributed by atoms with E-state index in [1.54, 1.807) is 12.2 Å². The zero-order valence-corrected chi connectivity index (χ0v) is 8.10. The average Bonchev–Trinajstić information content (AvgIpc) is 2.14. The quantitative estimate of drug-likeness (QED) is 0.519. The van der Waals surface area contributed by atoms with Crippen molar-refractivity contribution in [1.29, 1.82) is 0 Å². The third-order valence-corrected chi connectivity index (χ3v) is 1.32. The Morgan fingerprint density at radius 2 is 2.00 bits per heavy atom. The van der Waals surface area contributed by atoms with E-state index in [-0.39, 0.29) is 19.4 Å². The molecule has 0 bridgehead atoms. The molecule has 0 atom stereocenters. The summed E-state index contributed by atoms with van der Waals surface area (Å²) in [6, 6.07) is 0. The Morgan fingerprint density at radius 3 is 2.57 bits per heavy atom. The number of carbonyl (C=O) groups is 2. The smallest absolute Gasteiger partial charge is 0.306 e. The highest BCUT2D eigenvalue weighted by molar-refractivity contribution is 5.76. The number of esters is 1. The van der Waals surface area contributed by atoms with Crippen LogP contribution in [0.5, 0.6) is 0 Å². The molecule has 0 spiro atoms. The number of carbonyl (C=O) groups excluding carboxylic acids is 1. The SMILES string of the molecule is C/C=C/C=C/COC(=O)CCC(=O)O. The van der Waals surface area contributed by atoms with Crippen molar-refractivity contribution in [2.24, 2.45) is 0 Å². The van der Waals surface area contributed by atoms with Gasteiger partial charge in [0.25, 0.3) is 0 Å². The van der Waals surface area contributed by atoms with E-state index in [0.29, 0.717) is 0 Å². The summed E-state index contributed by atoms with van der Waals surface area (Å²) in [5.41, 5.74) is 0. The van der Waals surface area contributed by atoms with Gasteiger partial charge < -0.3 is 9.84 Å². The lowest BCUT2D eigenvalue weighted by atomic mass is 10.3. The van der Waals surface area contributed by atoms with Gasteiger partial charge >= 0.3 is 11.9 Å². The van der Waals surface area contributed by atoms with Crippen molar-refractivity contribution in [1.82, 2.24) is 0 Å². The van der Waals surface area contributed by atoms with Crippen LogP contribution in [0.4, 0.5) is 0 Å². The van der Waals surface area contributed by atoms with Crippen molar-refractivity contribution in [2.75, 3.05) is 6.61 Å². The van der Waals surface area contributed by atoms with Gasteiger partial charge in [-0.3, -0.25) is 9.59 Å². The van der Waals surface area contributed by atoms with Crippen LogP contribution in [0.3, 0.4) is 0 Å². The van der Waals surface area contributed by atoms with Crippen molar-refractivity contribution in [2.45, 2.75) is 19.8 Å². The average molecular weight is 198 g/mol. The third-order valence-electron chi connectivity index (χ3n) is 1.32. The molecule has 0 heterocycles.